The van der Waals surface area contributed by atoms with Gasteiger partial charge >= 0.3 is 0 Å². The van der Waals surface area contributed by atoms with E-state index in [1.165, 1.54) is 16.7 Å². The summed E-state index contributed by atoms with van der Waals surface area (Å²) in [7, 11) is 1.64. The zero-order valence-corrected chi connectivity index (χ0v) is 16.1. The first kappa shape index (κ1) is 19.2. The van der Waals surface area contributed by atoms with Gasteiger partial charge < -0.3 is 9.80 Å². The van der Waals surface area contributed by atoms with Gasteiger partial charge in [0.05, 0.1) is 12.3 Å². The number of aryl methyl sites for hydroxylation is 2. The summed E-state index contributed by atoms with van der Waals surface area (Å²) in [6.07, 6.45) is 0. The average Bonchev–Trinajstić information content (AvgIpc) is 2.96. The van der Waals surface area contributed by atoms with Gasteiger partial charge in [-0.1, -0.05) is 11.8 Å². The standard InChI is InChI=1S/C16H24N6O2S/c1-6-21(7-2)13(23)9-20(5)14(24)10-25-16-18-15-17-11(3)8-12(4)22(15)19-16/h8H,6-7,9-10H2,1-5H3. The zero-order valence-electron chi connectivity index (χ0n) is 15.3. The molecule has 0 radical (unpaired) electrons. The van der Waals surface area contributed by atoms with Crippen molar-refractivity contribution < 1.29 is 9.59 Å². The minimum absolute atomic E-state index is 0.0491. The Morgan fingerprint density at radius 1 is 1.16 bits per heavy atom. The van der Waals surface area contributed by atoms with Crippen molar-refractivity contribution in [2.45, 2.75) is 32.9 Å². The Hall–Kier alpha value is -2.16. The molecule has 2 aromatic rings. The lowest BCUT2D eigenvalue weighted by Gasteiger charge is -2.23. The van der Waals surface area contributed by atoms with Crippen LogP contribution in [0.5, 0.6) is 0 Å². The van der Waals surface area contributed by atoms with Crippen molar-refractivity contribution in [2.24, 2.45) is 0 Å². The molecule has 2 rings (SSSR count). The molecule has 0 aliphatic heterocycles. The van der Waals surface area contributed by atoms with Gasteiger partial charge in [-0.25, -0.2) is 9.50 Å². The van der Waals surface area contributed by atoms with Crippen LogP contribution < -0.4 is 0 Å². The highest BCUT2D eigenvalue weighted by molar-refractivity contribution is 7.99. The van der Waals surface area contributed by atoms with Gasteiger partial charge in [0, 0.05) is 31.5 Å². The van der Waals surface area contributed by atoms with E-state index < -0.39 is 0 Å². The normalized spacial score (nSPS) is 10.9. The van der Waals surface area contributed by atoms with E-state index in [9.17, 15) is 9.59 Å². The molecule has 2 heterocycles. The van der Waals surface area contributed by atoms with Crippen molar-refractivity contribution in [3.63, 3.8) is 0 Å². The van der Waals surface area contributed by atoms with Crippen molar-refractivity contribution in [3.8, 4) is 0 Å². The fourth-order valence-electron chi connectivity index (χ4n) is 2.41. The molecule has 25 heavy (non-hydrogen) atoms. The fraction of sp³-hybridized carbons (Fsp3) is 0.562. The summed E-state index contributed by atoms with van der Waals surface area (Å²) in [6.45, 7) is 9.05. The van der Waals surface area contributed by atoms with Gasteiger partial charge in [0.25, 0.3) is 5.78 Å². The van der Waals surface area contributed by atoms with Crippen LogP contribution in [0.25, 0.3) is 5.78 Å². The molecule has 2 amide bonds. The van der Waals surface area contributed by atoms with E-state index in [1.54, 1.807) is 16.5 Å². The predicted octanol–water partition coefficient (Wildman–Crippen LogP) is 1.16. The Labute approximate surface area is 151 Å². The van der Waals surface area contributed by atoms with Crippen LogP contribution >= 0.6 is 11.8 Å². The minimum atomic E-state index is -0.134. The Balaban J connectivity index is 1.95. The van der Waals surface area contributed by atoms with Gasteiger partial charge in [0.1, 0.15) is 0 Å². The number of rotatable bonds is 7. The van der Waals surface area contributed by atoms with Gasteiger partial charge in [0.2, 0.25) is 17.0 Å². The zero-order chi connectivity index (χ0) is 18.6. The third-order valence-electron chi connectivity index (χ3n) is 3.84. The molecule has 0 spiro atoms. The van der Waals surface area contributed by atoms with Gasteiger partial charge in [-0.3, -0.25) is 9.59 Å². The molecule has 9 heteroatoms. The Morgan fingerprint density at radius 3 is 2.48 bits per heavy atom. The quantitative estimate of drug-likeness (QED) is 0.686. The summed E-state index contributed by atoms with van der Waals surface area (Å²) in [5.74, 6) is 0.520. The topological polar surface area (TPSA) is 83.7 Å². The maximum Gasteiger partial charge on any atom is 0.253 e. The Bertz CT molecular complexity index is 771. The number of nitrogens with zero attached hydrogens (tertiary/aromatic N) is 6. The number of fused-ring (bicyclic) bond motifs is 1. The first-order valence-corrected chi connectivity index (χ1v) is 9.19. The lowest BCUT2D eigenvalue weighted by molar-refractivity contribution is -0.137. The van der Waals surface area contributed by atoms with Crippen LogP contribution in [0.15, 0.2) is 11.2 Å². The van der Waals surface area contributed by atoms with Gasteiger partial charge in [-0.15, -0.1) is 5.10 Å². The van der Waals surface area contributed by atoms with E-state index in [4.69, 9.17) is 0 Å². The molecular weight excluding hydrogens is 340 g/mol. The molecule has 2 aromatic heterocycles. The van der Waals surface area contributed by atoms with Crippen molar-refractivity contribution in [1.82, 2.24) is 29.4 Å². The number of hydrogen-bond acceptors (Lipinski definition) is 6. The molecule has 0 aliphatic rings. The molecule has 0 saturated carbocycles. The largest absolute Gasteiger partial charge is 0.342 e. The van der Waals surface area contributed by atoms with Crippen LogP contribution in [0.4, 0.5) is 0 Å². The molecule has 0 bridgehead atoms. The number of carbonyl (C=O) groups excluding carboxylic acids is 2. The van der Waals surface area contributed by atoms with Gasteiger partial charge in [-0.2, -0.15) is 4.98 Å². The third-order valence-corrected chi connectivity index (χ3v) is 4.66. The summed E-state index contributed by atoms with van der Waals surface area (Å²) < 4.78 is 1.66. The van der Waals surface area contributed by atoms with Gasteiger partial charge in [0.15, 0.2) is 0 Å². The molecule has 8 nitrogen and oxygen atoms in total. The Kier molecular flexibility index (Phi) is 6.35. The number of thioether (sulfide) groups is 1. The summed E-state index contributed by atoms with van der Waals surface area (Å²) in [5.41, 5.74) is 1.81. The van der Waals surface area contributed by atoms with Crippen molar-refractivity contribution in [3.05, 3.63) is 17.5 Å². The summed E-state index contributed by atoms with van der Waals surface area (Å²) >= 11 is 1.24. The monoisotopic (exact) mass is 364 g/mol. The van der Waals surface area contributed by atoms with Crippen LogP contribution in [-0.4, -0.2) is 73.6 Å². The highest BCUT2D eigenvalue weighted by Crippen LogP contribution is 2.15. The van der Waals surface area contributed by atoms with E-state index in [1.807, 2.05) is 33.8 Å². The van der Waals surface area contributed by atoms with Crippen LogP contribution in [-0.2, 0) is 9.59 Å². The van der Waals surface area contributed by atoms with Crippen LogP contribution in [0.2, 0.25) is 0 Å². The number of hydrogen-bond donors (Lipinski definition) is 0. The second-order valence-corrected chi connectivity index (χ2v) is 6.69. The SMILES string of the molecule is CCN(CC)C(=O)CN(C)C(=O)CSc1nc2nc(C)cc(C)n2n1. The van der Waals surface area contributed by atoms with E-state index in [0.717, 1.165) is 11.4 Å². The fourth-order valence-corrected chi connectivity index (χ4v) is 3.17. The first-order valence-electron chi connectivity index (χ1n) is 8.21. The molecule has 0 saturated heterocycles. The summed E-state index contributed by atoms with van der Waals surface area (Å²) in [4.78, 5) is 36.1. The lowest BCUT2D eigenvalue weighted by atomic mass is 10.4. The molecule has 0 fully saturated rings. The summed E-state index contributed by atoms with van der Waals surface area (Å²) in [5, 5.41) is 4.86. The molecule has 0 aliphatic carbocycles. The highest BCUT2D eigenvalue weighted by atomic mass is 32.2. The van der Waals surface area contributed by atoms with E-state index in [2.05, 4.69) is 15.1 Å². The molecule has 0 atom stereocenters. The average molecular weight is 364 g/mol. The molecule has 136 valence electrons. The predicted molar refractivity (Wildman–Crippen MR) is 96.5 cm³/mol. The molecule has 0 aromatic carbocycles. The first-order chi connectivity index (χ1) is 11.8. The van der Waals surface area contributed by atoms with Crippen LogP contribution in [0.3, 0.4) is 0 Å². The van der Waals surface area contributed by atoms with E-state index >= 15 is 0 Å². The number of likely N-dealkylation sites (N-methyl/N-ethyl adjacent to an activating group) is 2. The maximum absolute atomic E-state index is 12.2. The highest BCUT2D eigenvalue weighted by Gasteiger charge is 2.17. The number of aromatic nitrogens is 4. The summed E-state index contributed by atoms with van der Waals surface area (Å²) in [6, 6.07) is 1.92. The second-order valence-electron chi connectivity index (χ2n) is 5.75. The van der Waals surface area contributed by atoms with Crippen LogP contribution in [0, 0.1) is 13.8 Å². The number of amides is 2. The van der Waals surface area contributed by atoms with Crippen molar-refractivity contribution >= 4 is 29.4 Å². The molecule has 0 N–H and O–H groups in total. The Morgan fingerprint density at radius 2 is 1.84 bits per heavy atom. The van der Waals surface area contributed by atoms with Crippen molar-refractivity contribution in [1.29, 1.82) is 0 Å². The molecular formula is C16H24N6O2S. The van der Waals surface area contributed by atoms with E-state index in [0.29, 0.717) is 24.0 Å². The third kappa shape index (κ3) is 4.68. The molecule has 0 unspecified atom stereocenters. The minimum Gasteiger partial charge on any atom is -0.342 e. The van der Waals surface area contributed by atoms with Gasteiger partial charge in [-0.05, 0) is 33.8 Å². The van der Waals surface area contributed by atoms with E-state index in [-0.39, 0.29) is 24.1 Å². The maximum atomic E-state index is 12.2. The number of carbonyl (C=O) groups is 2. The second kappa shape index (κ2) is 8.28. The van der Waals surface area contributed by atoms with Crippen molar-refractivity contribution in [2.75, 3.05) is 32.4 Å². The smallest absolute Gasteiger partial charge is 0.253 e. The van der Waals surface area contributed by atoms with Crippen LogP contribution in [0.1, 0.15) is 25.2 Å². The lowest BCUT2D eigenvalue weighted by Crippen LogP contribution is -2.41.